The van der Waals surface area contributed by atoms with Crippen LogP contribution in [0, 0.1) is 17.8 Å². The second-order valence-electron chi connectivity index (χ2n) is 9.17. The molecule has 1 N–H and O–H groups in total. The smallest absolute Gasteiger partial charge is 0.310 e. The van der Waals surface area contributed by atoms with Crippen molar-refractivity contribution >= 4 is 29.5 Å². The number of aliphatic hydroxyl groups excluding tert-OH is 1. The van der Waals surface area contributed by atoms with Crippen molar-refractivity contribution in [1.82, 2.24) is 9.80 Å². The van der Waals surface area contributed by atoms with Crippen LogP contribution in [0.2, 0.25) is 0 Å². The topological polar surface area (TPSA) is 87.2 Å². The van der Waals surface area contributed by atoms with Crippen molar-refractivity contribution in [2.75, 3.05) is 19.8 Å². The first-order chi connectivity index (χ1) is 14.7. The van der Waals surface area contributed by atoms with Gasteiger partial charge in [0.15, 0.2) is 0 Å². The zero-order valence-corrected chi connectivity index (χ0v) is 20.1. The number of carbonyl (C=O) groups excluding carboxylic acids is 3. The largest absolute Gasteiger partial charge is 0.466 e. The lowest BCUT2D eigenvalue weighted by Gasteiger charge is -2.42. The number of hydrogen-bond acceptors (Lipinski definition) is 6. The summed E-state index contributed by atoms with van der Waals surface area (Å²) in [6.45, 7) is 13.9. The third-order valence-electron chi connectivity index (χ3n) is 7.28. The average molecular weight is 453 g/mol. The molecule has 3 rings (SSSR count). The number of nitrogens with zero attached hydrogens (tertiary/aromatic N) is 2. The van der Waals surface area contributed by atoms with E-state index in [0.29, 0.717) is 13.0 Å². The predicted octanol–water partition coefficient (Wildman–Crippen LogP) is 2.08. The van der Waals surface area contributed by atoms with Crippen LogP contribution in [0.15, 0.2) is 12.7 Å². The van der Waals surface area contributed by atoms with E-state index in [9.17, 15) is 19.5 Å². The summed E-state index contributed by atoms with van der Waals surface area (Å²) in [6.07, 6.45) is 3.00. The van der Waals surface area contributed by atoms with E-state index in [2.05, 4.69) is 13.5 Å². The van der Waals surface area contributed by atoms with Crippen LogP contribution in [0.3, 0.4) is 0 Å². The fourth-order valence-electron chi connectivity index (χ4n) is 5.90. The third-order valence-corrected chi connectivity index (χ3v) is 9.36. The minimum atomic E-state index is -0.714. The Hall–Kier alpha value is -1.54. The van der Waals surface area contributed by atoms with E-state index < -0.39 is 28.7 Å². The van der Waals surface area contributed by atoms with Crippen LogP contribution in [0.1, 0.15) is 47.5 Å². The molecule has 0 aromatic rings. The SMILES string of the molecule is C=CCN(C(=O)C1N([C@@H](CC)CO)C(=O)[C@@H]2[C@@H](C(=O)OCC)[C@H]3CC(C)C12S3)C(C)C. The van der Waals surface area contributed by atoms with Crippen LogP contribution in [-0.2, 0) is 19.1 Å². The van der Waals surface area contributed by atoms with E-state index in [4.69, 9.17) is 4.74 Å². The van der Waals surface area contributed by atoms with Crippen molar-refractivity contribution in [3.63, 3.8) is 0 Å². The Morgan fingerprint density at radius 1 is 1.42 bits per heavy atom. The molecular formula is C23H36N2O5S. The highest BCUT2D eigenvalue weighted by molar-refractivity contribution is 8.02. The Morgan fingerprint density at radius 3 is 2.61 bits per heavy atom. The molecule has 3 heterocycles. The first-order valence-corrected chi connectivity index (χ1v) is 12.3. The van der Waals surface area contributed by atoms with Crippen molar-refractivity contribution in [1.29, 1.82) is 0 Å². The molecule has 3 aliphatic heterocycles. The van der Waals surface area contributed by atoms with Gasteiger partial charge in [-0.25, -0.2) is 0 Å². The highest BCUT2D eigenvalue weighted by Crippen LogP contribution is 2.69. The standard InChI is InChI=1S/C23H36N2O5S/c1-7-10-24(13(4)5)21(28)19-23-14(6)11-16(31-23)17(22(29)30-9-3)18(23)20(27)25(19)15(8-2)12-26/h7,13-19,26H,1,8-12H2,2-6H3/t14?,15-,16+,17-,18-,19?,23?/m0/s1. The molecule has 2 bridgehead atoms. The summed E-state index contributed by atoms with van der Waals surface area (Å²) in [6, 6.07) is -1.24. The summed E-state index contributed by atoms with van der Waals surface area (Å²) >= 11 is 1.63. The summed E-state index contributed by atoms with van der Waals surface area (Å²) in [5.41, 5.74) is 0. The Kier molecular flexibility index (Phi) is 7.11. The van der Waals surface area contributed by atoms with Gasteiger partial charge < -0.3 is 19.6 Å². The van der Waals surface area contributed by atoms with Gasteiger partial charge in [-0.3, -0.25) is 14.4 Å². The Balaban J connectivity index is 2.14. The Labute approximate surface area is 189 Å². The zero-order valence-electron chi connectivity index (χ0n) is 19.2. The molecule has 0 radical (unpaired) electrons. The van der Waals surface area contributed by atoms with Gasteiger partial charge in [-0.15, -0.1) is 18.3 Å². The van der Waals surface area contributed by atoms with E-state index in [1.165, 1.54) is 0 Å². The fraction of sp³-hybridized carbons (Fsp3) is 0.783. The Morgan fingerprint density at radius 2 is 2.10 bits per heavy atom. The quantitative estimate of drug-likeness (QED) is 0.426. The fourth-order valence-corrected chi connectivity index (χ4v) is 8.29. The maximum Gasteiger partial charge on any atom is 0.310 e. The molecule has 7 atom stereocenters. The molecule has 3 unspecified atom stereocenters. The molecule has 7 nitrogen and oxygen atoms in total. The maximum absolute atomic E-state index is 14.0. The number of aliphatic hydroxyl groups is 1. The van der Waals surface area contributed by atoms with Gasteiger partial charge >= 0.3 is 5.97 Å². The predicted molar refractivity (Wildman–Crippen MR) is 120 cm³/mol. The Bertz CT molecular complexity index is 739. The number of esters is 1. The van der Waals surface area contributed by atoms with Crippen molar-refractivity contribution in [3.8, 4) is 0 Å². The summed E-state index contributed by atoms with van der Waals surface area (Å²) < 4.78 is 4.67. The van der Waals surface area contributed by atoms with E-state index >= 15 is 0 Å². The summed E-state index contributed by atoms with van der Waals surface area (Å²) in [5.74, 6) is -1.71. The lowest BCUT2D eigenvalue weighted by Crippen LogP contribution is -2.60. The van der Waals surface area contributed by atoms with Gasteiger partial charge in [0.25, 0.3) is 0 Å². The number of thioether (sulfide) groups is 1. The number of rotatable bonds is 9. The molecule has 3 fully saturated rings. The third kappa shape index (κ3) is 3.50. The molecule has 31 heavy (non-hydrogen) atoms. The number of fused-ring (bicyclic) bond motifs is 1. The van der Waals surface area contributed by atoms with Crippen molar-refractivity contribution in [3.05, 3.63) is 12.7 Å². The molecule has 174 valence electrons. The number of amides is 2. The van der Waals surface area contributed by atoms with Crippen LogP contribution >= 0.6 is 11.8 Å². The highest BCUT2D eigenvalue weighted by atomic mass is 32.2. The van der Waals surface area contributed by atoms with Gasteiger partial charge in [0.1, 0.15) is 6.04 Å². The van der Waals surface area contributed by atoms with Crippen LogP contribution < -0.4 is 0 Å². The van der Waals surface area contributed by atoms with Crippen molar-refractivity contribution in [2.24, 2.45) is 17.8 Å². The van der Waals surface area contributed by atoms with Gasteiger partial charge in [0, 0.05) is 17.8 Å². The summed E-state index contributed by atoms with van der Waals surface area (Å²) in [7, 11) is 0. The number of ether oxygens (including phenoxy) is 1. The molecule has 0 aromatic carbocycles. The van der Waals surface area contributed by atoms with Gasteiger partial charge in [0.05, 0.1) is 35.8 Å². The minimum Gasteiger partial charge on any atom is -0.466 e. The normalized spacial score (nSPS) is 34.7. The zero-order chi connectivity index (χ0) is 23.1. The van der Waals surface area contributed by atoms with Crippen molar-refractivity contribution in [2.45, 2.75) is 75.6 Å². The van der Waals surface area contributed by atoms with E-state index in [0.717, 1.165) is 6.42 Å². The van der Waals surface area contributed by atoms with Gasteiger partial charge in [0.2, 0.25) is 11.8 Å². The lowest BCUT2D eigenvalue weighted by atomic mass is 9.66. The molecule has 2 amide bonds. The highest BCUT2D eigenvalue weighted by Gasteiger charge is 2.77. The minimum absolute atomic E-state index is 0.0263. The molecule has 0 aromatic heterocycles. The van der Waals surface area contributed by atoms with Crippen molar-refractivity contribution < 1.29 is 24.2 Å². The van der Waals surface area contributed by atoms with Gasteiger partial charge in [-0.1, -0.05) is 19.9 Å². The molecule has 0 saturated carbocycles. The van der Waals surface area contributed by atoms with E-state index in [1.807, 2.05) is 20.8 Å². The van der Waals surface area contributed by atoms with Crippen LogP contribution in [0.25, 0.3) is 0 Å². The molecule has 0 aliphatic carbocycles. The van der Waals surface area contributed by atoms with Gasteiger partial charge in [-0.2, -0.15) is 0 Å². The molecule has 1 spiro atoms. The molecule has 3 saturated heterocycles. The summed E-state index contributed by atoms with van der Waals surface area (Å²) in [5, 5.41) is 10.1. The molecular weight excluding hydrogens is 416 g/mol. The van der Waals surface area contributed by atoms with Gasteiger partial charge in [-0.05, 0) is 39.5 Å². The molecule has 8 heteroatoms. The second-order valence-corrected chi connectivity index (χ2v) is 10.7. The van der Waals surface area contributed by atoms with Crippen LogP contribution in [0.5, 0.6) is 0 Å². The first kappa shape index (κ1) is 24.1. The number of carbonyl (C=O) groups is 3. The molecule has 3 aliphatic rings. The maximum atomic E-state index is 14.0. The van der Waals surface area contributed by atoms with Crippen LogP contribution in [0.4, 0.5) is 0 Å². The monoisotopic (exact) mass is 452 g/mol. The lowest BCUT2D eigenvalue weighted by molar-refractivity contribution is -0.154. The number of likely N-dealkylation sites (tertiary alicyclic amines) is 1. The second kappa shape index (κ2) is 9.14. The van der Waals surface area contributed by atoms with E-state index in [-0.39, 0.29) is 48.2 Å². The van der Waals surface area contributed by atoms with E-state index in [1.54, 1.807) is 34.6 Å². The van der Waals surface area contributed by atoms with Crippen LogP contribution in [-0.4, -0.2) is 80.6 Å². The summed E-state index contributed by atoms with van der Waals surface area (Å²) in [4.78, 5) is 44.1. The number of hydrogen-bond donors (Lipinski definition) is 1. The first-order valence-electron chi connectivity index (χ1n) is 11.4. The average Bonchev–Trinajstić information content (AvgIpc) is 3.31.